The molecule has 24 heavy (non-hydrogen) atoms. The summed E-state index contributed by atoms with van der Waals surface area (Å²) in [5.41, 5.74) is 5.69. The first-order valence-electron chi connectivity index (χ1n) is 8.72. The molecule has 0 saturated heterocycles. The molecule has 0 N–H and O–H groups in total. The Labute approximate surface area is 144 Å². The van der Waals surface area contributed by atoms with Gasteiger partial charge in [0.25, 0.3) is 0 Å². The maximum Gasteiger partial charge on any atom is 0.0399 e. The lowest BCUT2D eigenvalue weighted by Crippen LogP contribution is -2.43. The zero-order chi connectivity index (χ0) is 16.4. The number of anilines is 1. The molecule has 3 aromatic carbocycles. The molecule has 1 heteroatoms. The van der Waals surface area contributed by atoms with Crippen molar-refractivity contribution in [1.29, 1.82) is 0 Å². The van der Waals surface area contributed by atoms with E-state index >= 15 is 0 Å². The van der Waals surface area contributed by atoms with Crippen LogP contribution < -0.4 is 4.90 Å². The van der Waals surface area contributed by atoms with Gasteiger partial charge in [0.05, 0.1) is 0 Å². The van der Waals surface area contributed by atoms with Gasteiger partial charge >= 0.3 is 0 Å². The van der Waals surface area contributed by atoms with E-state index in [1.165, 1.54) is 22.4 Å². The fourth-order valence-corrected chi connectivity index (χ4v) is 4.02. The first-order chi connectivity index (χ1) is 11.8. The zero-order valence-electron chi connectivity index (χ0n) is 14.1. The maximum absolute atomic E-state index is 2.49. The van der Waals surface area contributed by atoms with Crippen molar-refractivity contribution < 1.29 is 0 Å². The molecule has 1 aliphatic heterocycles. The average molecular weight is 313 g/mol. The first-order valence-corrected chi connectivity index (χ1v) is 8.72. The number of likely N-dealkylation sites (N-methyl/N-ethyl adjacent to an activating group) is 1. The van der Waals surface area contributed by atoms with Crippen molar-refractivity contribution in [3.05, 3.63) is 102 Å². The Bertz CT molecular complexity index is 795. The molecule has 0 aromatic heterocycles. The van der Waals surface area contributed by atoms with Crippen LogP contribution in [0.3, 0.4) is 0 Å². The third-order valence-corrected chi connectivity index (χ3v) is 5.29. The normalized spacial score (nSPS) is 19.8. The van der Waals surface area contributed by atoms with Crippen LogP contribution in [-0.2, 0) is 12.8 Å². The second-order valence-corrected chi connectivity index (χ2v) is 6.72. The van der Waals surface area contributed by atoms with Gasteiger partial charge < -0.3 is 4.90 Å². The highest BCUT2D eigenvalue weighted by molar-refractivity contribution is 5.58. The molecular weight excluding hydrogens is 290 g/mol. The van der Waals surface area contributed by atoms with Crippen LogP contribution in [0.15, 0.2) is 84.9 Å². The molecule has 0 radical (unpaired) electrons. The Morgan fingerprint density at radius 3 is 2.17 bits per heavy atom. The van der Waals surface area contributed by atoms with Crippen molar-refractivity contribution in [2.24, 2.45) is 0 Å². The highest BCUT2D eigenvalue weighted by Crippen LogP contribution is 2.39. The summed E-state index contributed by atoms with van der Waals surface area (Å²) in [4.78, 5) is 2.49. The second-order valence-electron chi connectivity index (χ2n) is 6.72. The molecular formula is C23H23N. The van der Waals surface area contributed by atoms with Crippen LogP contribution in [0, 0.1) is 0 Å². The van der Waals surface area contributed by atoms with Crippen molar-refractivity contribution in [1.82, 2.24) is 0 Å². The summed E-state index contributed by atoms with van der Waals surface area (Å²) in [6, 6.07) is 31.2. The minimum Gasteiger partial charge on any atom is -0.370 e. The van der Waals surface area contributed by atoms with E-state index in [-0.39, 0.29) is 0 Å². The van der Waals surface area contributed by atoms with E-state index in [4.69, 9.17) is 0 Å². The van der Waals surface area contributed by atoms with Crippen LogP contribution in [0.25, 0.3) is 0 Å². The van der Waals surface area contributed by atoms with Crippen LogP contribution >= 0.6 is 0 Å². The van der Waals surface area contributed by atoms with Crippen molar-refractivity contribution in [3.63, 3.8) is 0 Å². The molecule has 0 saturated carbocycles. The van der Waals surface area contributed by atoms with Gasteiger partial charge in [-0.3, -0.25) is 0 Å². The number of fused-ring (bicyclic) bond motifs is 1. The Morgan fingerprint density at radius 1 is 0.792 bits per heavy atom. The largest absolute Gasteiger partial charge is 0.370 e. The van der Waals surface area contributed by atoms with E-state index < -0.39 is 0 Å². The molecule has 0 bridgehead atoms. The van der Waals surface area contributed by atoms with E-state index in [2.05, 4.69) is 96.9 Å². The monoisotopic (exact) mass is 313 g/mol. The summed E-state index contributed by atoms with van der Waals surface area (Å²) >= 11 is 0. The van der Waals surface area contributed by atoms with E-state index in [0.717, 1.165) is 12.8 Å². The SMILES string of the molecule is CN1c2ccccc2CC(c2ccccc2)C1Cc1ccccc1. The van der Waals surface area contributed by atoms with Crippen LogP contribution in [0.5, 0.6) is 0 Å². The molecule has 2 atom stereocenters. The molecule has 0 aliphatic carbocycles. The molecule has 1 aliphatic rings. The first kappa shape index (κ1) is 15.0. The van der Waals surface area contributed by atoms with E-state index in [9.17, 15) is 0 Å². The van der Waals surface area contributed by atoms with E-state index in [1.54, 1.807) is 0 Å². The maximum atomic E-state index is 2.49. The fraction of sp³-hybridized carbons (Fsp3) is 0.217. The lowest BCUT2D eigenvalue weighted by Gasteiger charge is -2.42. The van der Waals surface area contributed by atoms with Gasteiger partial charge in [0.15, 0.2) is 0 Å². The lowest BCUT2D eigenvalue weighted by atomic mass is 9.79. The van der Waals surface area contributed by atoms with Gasteiger partial charge in [-0.2, -0.15) is 0 Å². The van der Waals surface area contributed by atoms with E-state index in [0.29, 0.717) is 12.0 Å². The topological polar surface area (TPSA) is 3.24 Å². The third kappa shape index (κ3) is 2.82. The summed E-state index contributed by atoms with van der Waals surface area (Å²) in [7, 11) is 2.25. The van der Waals surface area contributed by atoms with Gasteiger partial charge in [0.1, 0.15) is 0 Å². The van der Waals surface area contributed by atoms with Crippen molar-refractivity contribution >= 4 is 5.69 Å². The van der Waals surface area contributed by atoms with Crippen LogP contribution in [0.2, 0.25) is 0 Å². The lowest BCUT2D eigenvalue weighted by molar-refractivity contribution is 0.481. The number of benzene rings is 3. The predicted octanol–water partition coefficient (Wildman–Crippen LogP) is 5.07. The minimum absolute atomic E-state index is 0.477. The Kier molecular flexibility index (Phi) is 4.08. The van der Waals surface area contributed by atoms with E-state index in [1.807, 2.05) is 0 Å². The molecule has 0 fully saturated rings. The Morgan fingerprint density at radius 2 is 1.42 bits per heavy atom. The van der Waals surface area contributed by atoms with Gasteiger partial charge in [0, 0.05) is 24.7 Å². The van der Waals surface area contributed by atoms with Crippen LogP contribution in [0.1, 0.15) is 22.6 Å². The predicted molar refractivity (Wildman–Crippen MR) is 102 cm³/mol. The Balaban J connectivity index is 1.74. The summed E-state index contributed by atoms with van der Waals surface area (Å²) in [5, 5.41) is 0. The van der Waals surface area contributed by atoms with Gasteiger partial charge in [-0.1, -0.05) is 78.9 Å². The molecule has 3 aromatic rings. The zero-order valence-corrected chi connectivity index (χ0v) is 14.1. The van der Waals surface area contributed by atoms with Crippen molar-refractivity contribution in [2.45, 2.75) is 24.8 Å². The molecule has 120 valence electrons. The minimum atomic E-state index is 0.477. The number of nitrogens with zero attached hydrogens (tertiary/aromatic N) is 1. The third-order valence-electron chi connectivity index (χ3n) is 5.29. The summed E-state index contributed by atoms with van der Waals surface area (Å²) < 4.78 is 0. The summed E-state index contributed by atoms with van der Waals surface area (Å²) in [6.07, 6.45) is 2.19. The van der Waals surface area contributed by atoms with Crippen LogP contribution in [0.4, 0.5) is 5.69 Å². The number of hydrogen-bond donors (Lipinski definition) is 0. The number of para-hydroxylation sites is 1. The fourth-order valence-electron chi connectivity index (χ4n) is 4.02. The molecule has 0 amide bonds. The molecule has 2 unspecified atom stereocenters. The quantitative estimate of drug-likeness (QED) is 0.652. The summed E-state index contributed by atoms with van der Waals surface area (Å²) in [5.74, 6) is 0.520. The highest BCUT2D eigenvalue weighted by atomic mass is 15.1. The second kappa shape index (κ2) is 6.52. The van der Waals surface area contributed by atoms with Gasteiger partial charge in [-0.25, -0.2) is 0 Å². The standard InChI is InChI=1S/C23H23N/c1-24-22-15-9-8-14-20(22)17-21(19-12-6-3-7-13-19)23(24)16-18-10-4-2-5-11-18/h2-15,21,23H,16-17H2,1H3. The van der Waals surface area contributed by atoms with Gasteiger partial charge in [0.2, 0.25) is 0 Å². The molecule has 4 rings (SSSR count). The van der Waals surface area contributed by atoms with Crippen molar-refractivity contribution in [2.75, 3.05) is 11.9 Å². The number of hydrogen-bond acceptors (Lipinski definition) is 1. The highest BCUT2D eigenvalue weighted by Gasteiger charge is 2.33. The van der Waals surface area contributed by atoms with Gasteiger partial charge in [-0.05, 0) is 35.6 Å². The van der Waals surface area contributed by atoms with Gasteiger partial charge in [-0.15, -0.1) is 0 Å². The molecule has 0 spiro atoms. The van der Waals surface area contributed by atoms with Crippen LogP contribution in [-0.4, -0.2) is 13.1 Å². The number of rotatable bonds is 3. The average Bonchev–Trinajstić information content (AvgIpc) is 2.65. The summed E-state index contributed by atoms with van der Waals surface area (Å²) in [6.45, 7) is 0. The molecule has 1 heterocycles. The smallest absolute Gasteiger partial charge is 0.0399 e. The molecule has 1 nitrogen and oxygen atoms in total. The Hall–Kier alpha value is -2.54. The van der Waals surface area contributed by atoms with Crippen molar-refractivity contribution in [3.8, 4) is 0 Å².